The fourth-order valence-corrected chi connectivity index (χ4v) is 3.14. The van der Waals surface area contributed by atoms with Crippen LogP contribution in [0.4, 0.5) is 19.1 Å². The summed E-state index contributed by atoms with van der Waals surface area (Å²) in [6, 6.07) is 2.37. The van der Waals surface area contributed by atoms with Gasteiger partial charge in [-0.15, -0.1) is 0 Å². The summed E-state index contributed by atoms with van der Waals surface area (Å²) in [7, 11) is 0. The maximum Gasteiger partial charge on any atom is 0.417 e. The van der Waals surface area contributed by atoms with Crippen LogP contribution in [0, 0.1) is 0 Å². The zero-order valence-electron chi connectivity index (χ0n) is 15.0. The fourth-order valence-electron chi connectivity index (χ4n) is 3.14. The van der Waals surface area contributed by atoms with E-state index in [1.54, 1.807) is 0 Å². The quantitative estimate of drug-likeness (QED) is 0.787. The number of rotatable bonds is 4. The van der Waals surface area contributed by atoms with Gasteiger partial charge in [0.25, 0.3) is 0 Å². The molecule has 150 valence electrons. The summed E-state index contributed by atoms with van der Waals surface area (Å²) < 4.78 is 56.9. The molecule has 0 spiro atoms. The van der Waals surface area contributed by atoms with E-state index in [2.05, 4.69) is 15.0 Å². The van der Waals surface area contributed by atoms with Crippen LogP contribution in [0.3, 0.4) is 0 Å². The SMILES string of the molecule is FC(F)(F)c1ccncc1-c1cc(O[C@H]2CCOC2)nc(N2CCOCC2)n1. The molecule has 0 N–H and O–H groups in total. The van der Waals surface area contributed by atoms with Crippen LogP contribution in [0.5, 0.6) is 5.88 Å². The van der Waals surface area contributed by atoms with Crippen molar-refractivity contribution in [1.82, 2.24) is 15.0 Å². The third kappa shape index (κ3) is 4.17. The predicted molar refractivity (Wildman–Crippen MR) is 93.1 cm³/mol. The van der Waals surface area contributed by atoms with Crippen LogP contribution in [-0.2, 0) is 15.7 Å². The molecule has 0 bridgehead atoms. The second-order valence-corrected chi connectivity index (χ2v) is 6.51. The van der Waals surface area contributed by atoms with Crippen molar-refractivity contribution < 1.29 is 27.4 Å². The Kier molecular flexibility index (Phi) is 5.31. The van der Waals surface area contributed by atoms with Crippen LogP contribution in [0.15, 0.2) is 24.5 Å². The molecule has 2 fully saturated rings. The molecular formula is C18H19F3N4O3. The van der Waals surface area contributed by atoms with E-state index in [1.165, 1.54) is 6.07 Å². The second kappa shape index (κ2) is 7.88. The molecule has 0 amide bonds. The van der Waals surface area contributed by atoms with Gasteiger partial charge in [0.15, 0.2) is 0 Å². The van der Waals surface area contributed by atoms with Gasteiger partial charge in [-0.05, 0) is 6.07 Å². The molecule has 2 saturated heterocycles. The van der Waals surface area contributed by atoms with Crippen LogP contribution in [0.1, 0.15) is 12.0 Å². The lowest BCUT2D eigenvalue weighted by atomic mass is 10.1. The normalized spacial score (nSPS) is 20.4. The van der Waals surface area contributed by atoms with E-state index in [-0.39, 0.29) is 23.2 Å². The molecule has 2 aliphatic rings. The number of hydrogen-bond acceptors (Lipinski definition) is 7. The highest BCUT2D eigenvalue weighted by molar-refractivity contribution is 5.65. The summed E-state index contributed by atoms with van der Waals surface area (Å²) in [5.74, 6) is 0.533. The summed E-state index contributed by atoms with van der Waals surface area (Å²) in [5, 5.41) is 0. The van der Waals surface area contributed by atoms with Crippen molar-refractivity contribution >= 4 is 5.95 Å². The fraction of sp³-hybridized carbons (Fsp3) is 0.500. The Bertz CT molecular complexity index is 822. The van der Waals surface area contributed by atoms with Crippen LogP contribution in [0.2, 0.25) is 0 Å². The highest BCUT2D eigenvalue weighted by Gasteiger charge is 2.34. The lowest BCUT2D eigenvalue weighted by Gasteiger charge is -2.27. The molecule has 7 nitrogen and oxygen atoms in total. The maximum absolute atomic E-state index is 13.5. The summed E-state index contributed by atoms with van der Waals surface area (Å²) in [6.07, 6.45) is -1.73. The van der Waals surface area contributed by atoms with Crippen LogP contribution in [0.25, 0.3) is 11.3 Å². The number of alkyl halides is 3. The van der Waals surface area contributed by atoms with E-state index >= 15 is 0 Å². The van der Waals surface area contributed by atoms with Crippen molar-refractivity contribution in [3.63, 3.8) is 0 Å². The molecule has 2 aromatic rings. The lowest BCUT2D eigenvalue weighted by Crippen LogP contribution is -2.37. The predicted octanol–water partition coefficient (Wildman–Crippen LogP) is 2.56. The summed E-state index contributed by atoms with van der Waals surface area (Å²) in [5.41, 5.74) is -0.797. The molecule has 10 heteroatoms. The highest BCUT2D eigenvalue weighted by Crippen LogP contribution is 2.37. The van der Waals surface area contributed by atoms with Gasteiger partial charge in [-0.3, -0.25) is 4.98 Å². The Morgan fingerprint density at radius 1 is 1.11 bits per heavy atom. The molecule has 0 aromatic carbocycles. The number of ether oxygens (including phenoxy) is 3. The minimum Gasteiger partial charge on any atom is -0.472 e. The highest BCUT2D eigenvalue weighted by atomic mass is 19.4. The Morgan fingerprint density at radius 3 is 2.64 bits per heavy atom. The minimum absolute atomic E-state index is 0.112. The standard InChI is InChI=1S/C18H19F3N4O3/c19-18(20,21)14-1-3-22-10-13(14)15-9-16(28-12-2-6-27-11-12)24-17(23-15)25-4-7-26-8-5-25/h1,3,9-10,12H,2,4-8,11H2/t12-/m0/s1. The van der Waals surface area contributed by atoms with Gasteiger partial charge in [-0.25, -0.2) is 4.98 Å². The molecule has 0 unspecified atom stereocenters. The van der Waals surface area contributed by atoms with Crippen LogP contribution >= 0.6 is 0 Å². The molecule has 28 heavy (non-hydrogen) atoms. The topological polar surface area (TPSA) is 69.6 Å². The Labute approximate surface area is 159 Å². The van der Waals surface area contributed by atoms with Crippen molar-refractivity contribution in [3.8, 4) is 17.1 Å². The number of morpholine rings is 1. The number of pyridine rings is 1. The zero-order valence-corrected chi connectivity index (χ0v) is 15.0. The number of anilines is 1. The van der Waals surface area contributed by atoms with Crippen molar-refractivity contribution in [1.29, 1.82) is 0 Å². The molecule has 4 heterocycles. The average Bonchev–Trinajstić information content (AvgIpc) is 3.21. The first-order valence-electron chi connectivity index (χ1n) is 8.98. The zero-order chi connectivity index (χ0) is 19.6. The van der Waals surface area contributed by atoms with Crippen molar-refractivity contribution in [3.05, 3.63) is 30.1 Å². The average molecular weight is 396 g/mol. The first-order chi connectivity index (χ1) is 13.5. The molecule has 2 aliphatic heterocycles. The molecule has 4 rings (SSSR count). The van der Waals surface area contributed by atoms with Gasteiger partial charge in [0.2, 0.25) is 11.8 Å². The lowest BCUT2D eigenvalue weighted by molar-refractivity contribution is -0.137. The Morgan fingerprint density at radius 2 is 1.93 bits per heavy atom. The van der Waals surface area contributed by atoms with E-state index in [0.717, 1.165) is 18.5 Å². The van der Waals surface area contributed by atoms with Gasteiger partial charge >= 0.3 is 6.18 Å². The monoisotopic (exact) mass is 396 g/mol. The molecule has 0 aliphatic carbocycles. The van der Waals surface area contributed by atoms with Gasteiger partial charge in [-0.1, -0.05) is 0 Å². The van der Waals surface area contributed by atoms with Gasteiger partial charge in [0, 0.05) is 43.5 Å². The maximum atomic E-state index is 13.5. The Balaban J connectivity index is 1.75. The van der Waals surface area contributed by atoms with Crippen molar-refractivity contribution in [2.75, 3.05) is 44.4 Å². The minimum atomic E-state index is -4.53. The molecule has 0 saturated carbocycles. The van der Waals surface area contributed by atoms with E-state index in [4.69, 9.17) is 14.2 Å². The molecule has 2 aromatic heterocycles. The summed E-state index contributed by atoms with van der Waals surface area (Å²) >= 11 is 0. The van der Waals surface area contributed by atoms with Gasteiger partial charge in [0.05, 0.1) is 37.7 Å². The van der Waals surface area contributed by atoms with E-state index < -0.39 is 11.7 Å². The Hall–Kier alpha value is -2.46. The van der Waals surface area contributed by atoms with Gasteiger partial charge < -0.3 is 19.1 Å². The molecule has 0 radical (unpaired) electrons. The first kappa shape index (κ1) is 18.9. The smallest absolute Gasteiger partial charge is 0.417 e. The molecular weight excluding hydrogens is 377 g/mol. The van der Waals surface area contributed by atoms with Gasteiger partial charge in [-0.2, -0.15) is 18.2 Å². The second-order valence-electron chi connectivity index (χ2n) is 6.51. The summed E-state index contributed by atoms with van der Waals surface area (Å²) in [4.78, 5) is 14.5. The third-order valence-electron chi connectivity index (χ3n) is 4.56. The molecule has 1 atom stereocenters. The van der Waals surface area contributed by atoms with E-state index in [0.29, 0.717) is 51.9 Å². The number of halogens is 3. The third-order valence-corrected chi connectivity index (χ3v) is 4.56. The van der Waals surface area contributed by atoms with Crippen molar-refractivity contribution in [2.24, 2.45) is 0 Å². The van der Waals surface area contributed by atoms with Gasteiger partial charge in [0.1, 0.15) is 6.10 Å². The number of nitrogens with zero attached hydrogens (tertiary/aromatic N) is 4. The van der Waals surface area contributed by atoms with Crippen molar-refractivity contribution in [2.45, 2.75) is 18.7 Å². The van der Waals surface area contributed by atoms with Crippen LogP contribution in [-0.4, -0.2) is 60.6 Å². The largest absolute Gasteiger partial charge is 0.472 e. The first-order valence-corrected chi connectivity index (χ1v) is 8.98. The summed E-state index contributed by atoms with van der Waals surface area (Å²) in [6.45, 7) is 3.11. The van der Waals surface area contributed by atoms with E-state index in [9.17, 15) is 13.2 Å². The van der Waals surface area contributed by atoms with Crippen LogP contribution < -0.4 is 9.64 Å². The number of hydrogen-bond donors (Lipinski definition) is 0. The number of aromatic nitrogens is 3. The van der Waals surface area contributed by atoms with E-state index in [1.807, 2.05) is 4.90 Å².